The fourth-order valence-corrected chi connectivity index (χ4v) is 2.00. The van der Waals surface area contributed by atoms with Gasteiger partial charge in [0.2, 0.25) is 10.0 Å². The lowest BCUT2D eigenvalue weighted by atomic mass is 10.2. The fraction of sp³-hybridized carbons (Fsp3) is 0.444. The Balaban J connectivity index is 2.67. The van der Waals surface area contributed by atoms with Gasteiger partial charge < -0.3 is 10.8 Å². The van der Waals surface area contributed by atoms with E-state index in [1.54, 1.807) is 0 Å². The van der Waals surface area contributed by atoms with E-state index in [1.807, 2.05) is 0 Å². The normalized spacial score (nSPS) is 15.7. The highest BCUT2D eigenvalue weighted by molar-refractivity contribution is 7.89. The van der Waals surface area contributed by atoms with Gasteiger partial charge in [0.15, 0.2) is 0 Å². The molecule has 0 bridgehead atoms. The number of aliphatic hydroxyl groups excluding tert-OH is 1. The van der Waals surface area contributed by atoms with E-state index in [9.17, 15) is 8.42 Å². The molecule has 16 heavy (non-hydrogen) atoms. The van der Waals surface area contributed by atoms with Crippen molar-refractivity contribution in [1.82, 2.24) is 9.71 Å². The molecule has 0 saturated heterocycles. The van der Waals surface area contributed by atoms with E-state index in [-0.39, 0.29) is 11.4 Å². The van der Waals surface area contributed by atoms with Gasteiger partial charge in [-0.1, -0.05) is 0 Å². The predicted molar refractivity (Wildman–Crippen MR) is 59.1 cm³/mol. The Bertz CT molecular complexity index is 419. The molecule has 1 aromatic heterocycles. The summed E-state index contributed by atoms with van der Waals surface area (Å²) in [4.78, 5) is 3.79. The summed E-state index contributed by atoms with van der Waals surface area (Å²) in [6.45, 7) is 1.48. The second-order valence-electron chi connectivity index (χ2n) is 3.45. The van der Waals surface area contributed by atoms with Crippen molar-refractivity contribution in [3.8, 4) is 0 Å². The molecule has 0 fully saturated rings. The monoisotopic (exact) mass is 245 g/mol. The molecule has 0 radical (unpaired) electrons. The van der Waals surface area contributed by atoms with E-state index in [0.717, 1.165) is 0 Å². The van der Waals surface area contributed by atoms with Crippen LogP contribution in [0.25, 0.3) is 0 Å². The quantitative estimate of drug-likeness (QED) is 0.621. The minimum atomic E-state index is -3.59. The van der Waals surface area contributed by atoms with Crippen molar-refractivity contribution in [3.63, 3.8) is 0 Å². The van der Waals surface area contributed by atoms with Gasteiger partial charge in [-0.25, -0.2) is 13.1 Å². The average molecular weight is 245 g/mol. The van der Waals surface area contributed by atoms with Crippen molar-refractivity contribution < 1.29 is 13.5 Å². The Labute approximate surface area is 94.6 Å². The summed E-state index contributed by atoms with van der Waals surface area (Å²) in [6, 6.07) is 2.33. The lowest BCUT2D eigenvalue weighted by molar-refractivity contribution is 0.164. The molecular formula is C9H15N3O3S. The number of nitrogens with one attached hydrogen (secondary N) is 1. The number of nitrogens with zero attached hydrogens (tertiary/aromatic N) is 1. The first-order chi connectivity index (χ1) is 7.43. The molecule has 0 aromatic carbocycles. The molecule has 2 atom stereocenters. The van der Waals surface area contributed by atoms with Crippen LogP contribution in [0.2, 0.25) is 0 Å². The summed E-state index contributed by atoms with van der Waals surface area (Å²) in [7, 11) is -3.59. The maximum atomic E-state index is 11.7. The van der Waals surface area contributed by atoms with Crippen LogP contribution in [0.15, 0.2) is 29.4 Å². The number of aromatic nitrogens is 1. The molecule has 1 rings (SSSR count). The van der Waals surface area contributed by atoms with Crippen molar-refractivity contribution >= 4 is 10.0 Å². The van der Waals surface area contributed by atoms with Crippen molar-refractivity contribution in [2.24, 2.45) is 5.73 Å². The highest BCUT2D eigenvalue weighted by Gasteiger charge is 2.17. The lowest BCUT2D eigenvalue weighted by Crippen LogP contribution is -2.43. The fourth-order valence-electron chi connectivity index (χ4n) is 0.966. The van der Waals surface area contributed by atoms with Crippen LogP contribution < -0.4 is 10.5 Å². The summed E-state index contributed by atoms with van der Waals surface area (Å²) in [5, 5.41) is 9.12. The topological polar surface area (TPSA) is 105 Å². The smallest absolute Gasteiger partial charge is 0.242 e. The van der Waals surface area contributed by atoms with E-state index >= 15 is 0 Å². The summed E-state index contributed by atoms with van der Waals surface area (Å²) >= 11 is 0. The Morgan fingerprint density at radius 3 is 2.81 bits per heavy atom. The van der Waals surface area contributed by atoms with Gasteiger partial charge in [0.05, 0.1) is 6.10 Å². The number of aliphatic hydroxyl groups is 1. The van der Waals surface area contributed by atoms with Crippen molar-refractivity contribution in [1.29, 1.82) is 0 Å². The van der Waals surface area contributed by atoms with Gasteiger partial charge in [-0.2, -0.15) is 0 Å². The van der Waals surface area contributed by atoms with Gasteiger partial charge in [-0.05, 0) is 19.1 Å². The highest BCUT2D eigenvalue weighted by Crippen LogP contribution is 2.05. The molecule has 0 aliphatic carbocycles. The molecule has 0 aliphatic rings. The maximum absolute atomic E-state index is 11.7. The summed E-state index contributed by atoms with van der Waals surface area (Å²) in [6.07, 6.45) is 1.97. The van der Waals surface area contributed by atoms with Gasteiger partial charge in [0.1, 0.15) is 4.90 Å². The minimum absolute atomic E-state index is 0.0190. The van der Waals surface area contributed by atoms with Crippen LogP contribution in [0.5, 0.6) is 0 Å². The second-order valence-corrected chi connectivity index (χ2v) is 5.21. The van der Waals surface area contributed by atoms with Crippen LogP contribution in [0.3, 0.4) is 0 Å². The number of hydrogen-bond donors (Lipinski definition) is 3. The van der Waals surface area contributed by atoms with E-state index in [0.29, 0.717) is 0 Å². The van der Waals surface area contributed by atoms with Crippen LogP contribution >= 0.6 is 0 Å². The first-order valence-electron chi connectivity index (χ1n) is 4.77. The van der Waals surface area contributed by atoms with Gasteiger partial charge in [0, 0.05) is 25.0 Å². The van der Waals surface area contributed by atoms with Gasteiger partial charge in [-0.15, -0.1) is 0 Å². The number of sulfonamides is 1. The number of nitrogens with two attached hydrogens (primary N) is 1. The number of hydrogen-bond acceptors (Lipinski definition) is 5. The summed E-state index contributed by atoms with van der Waals surface area (Å²) in [5.41, 5.74) is 5.51. The molecule has 90 valence electrons. The minimum Gasteiger partial charge on any atom is -0.392 e. The van der Waals surface area contributed by atoms with Crippen LogP contribution in [0.1, 0.15) is 6.92 Å². The zero-order chi connectivity index (χ0) is 12.2. The SMILES string of the molecule is CC(O)C(N)CNS(=O)(=O)c1cccnc1. The lowest BCUT2D eigenvalue weighted by Gasteiger charge is -2.15. The van der Waals surface area contributed by atoms with Crippen LogP contribution in [-0.2, 0) is 10.0 Å². The first kappa shape index (κ1) is 13.0. The van der Waals surface area contributed by atoms with Crippen LogP contribution in [0, 0.1) is 0 Å². The Morgan fingerprint density at radius 1 is 1.62 bits per heavy atom. The van der Waals surface area contributed by atoms with Gasteiger partial charge in [-0.3, -0.25) is 4.98 Å². The van der Waals surface area contributed by atoms with Crippen molar-refractivity contribution in [2.45, 2.75) is 24.0 Å². The molecule has 1 aromatic rings. The third-order valence-electron chi connectivity index (χ3n) is 2.07. The third kappa shape index (κ3) is 3.53. The summed E-state index contributed by atoms with van der Waals surface area (Å²) in [5.74, 6) is 0. The molecule has 4 N–H and O–H groups in total. The van der Waals surface area contributed by atoms with Gasteiger partial charge in [0.25, 0.3) is 0 Å². The molecule has 1 heterocycles. The Kier molecular flexibility index (Phi) is 4.36. The maximum Gasteiger partial charge on any atom is 0.242 e. The van der Waals surface area contributed by atoms with Crippen molar-refractivity contribution in [2.75, 3.05) is 6.54 Å². The van der Waals surface area contributed by atoms with E-state index in [2.05, 4.69) is 9.71 Å². The largest absolute Gasteiger partial charge is 0.392 e. The number of rotatable bonds is 5. The second kappa shape index (κ2) is 5.35. The molecule has 6 nitrogen and oxygen atoms in total. The Hall–Kier alpha value is -1.02. The number of pyridine rings is 1. The first-order valence-corrected chi connectivity index (χ1v) is 6.25. The van der Waals surface area contributed by atoms with Crippen molar-refractivity contribution in [3.05, 3.63) is 24.5 Å². The van der Waals surface area contributed by atoms with E-state index < -0.39 is 22.2 Å². The van der Waals surface area contributed by atoms with Crippen LogP contribution in [-0.4, -0.2) is 37.2 Å². The third-order valence-corrected chi connectivity index (χ3v) is 3.48. The summed E-state index contributed by atoms with van der Waals surface area (Å²) < 4.78 is 25.6. The zero-order valence-electron chi connectivity index (χ0n) is 8.87. The predicted octanol–water partition coefficient (Wildman–Crippen LogP) is -0.932. The van der Waals surface area contributed by atoms with Crippen LogP contribution in [0.4, 0.5) is 0 Å². The van der Waals surface area contributed by atoms with E-state index in [4.69, 9.17) is 10.8 Å². The molecule has 0 spiro atoms. The molecule has 0 aliphatic heterocycles. The average Bonchev–Trinajstić information content (AvgIpc) is 2.27. The standard InChI is InChI=1S/C9H15N3O3S/c1-7(13)9(10)6-12-16(14,15)8-3-2-4-11-5-8/h2-5,7,9,12-13H,6,10H2,1H3. The zero-order valence-corrected chi connectivity index (χ0v) is 9.68. The van der Waals surface area contributed by atoms with Gasteiger partial charge >= 0.3 is 0 Å². The molecule has 0 amide bonds. The molecule has 0 saturated carbocycles. The molecular weight excluding hydrogens is 230 g/mol. The van der Waals surface area contributed by atoms with E-state index in [1.165, 1.54) is 31.5 Å². The highest BCUT2D eigenvalue weighted by atomic mass is 32.2. The Morgan fingerprint density at radius 2 is 2.31 bits per heavy atom. The molecule has 7 heteroatoms. The molecule has 2 unspecified atom stereocenters.